The van der Waals surface area contributed by atoms with E-state index in [1.807, 2.05) is 18.2 Å². The number of nitrogen functional groups attached to an aromatic ring is 1. The minimum atomic E-state index is 0.325. The molecule has 0 atom stereocenters. The quantitative estimate of drug-likeness (QED) is 0.679. The molecule has 0 radical (unpaired) electrons. The van der Waals surface area contributed by atoms with Crippen molar-refractivity contribution in [2.75, 3.05) is 5.73 Å². The molecule has 0 unspecified atom stereocenters. The van der Waals surface area contributed by atoms with E-state index in [1.54, 1.807) is 0 Å². The summed E-state index contributed by atoms with van der Waals surface area (Å²) in [5, 5.41) is 0. The van der Waals surface area contributed by atoms with Crippen LogP contribution in [0, 0.1) is 6.92 Å². The van der Waals surface area contributed by atoms with Gasteiger partial charge in [0.2, 0.25) is 0 Å². The summed E-state index contributed by atoms with van der Waals surface area (Å²) >= 11 is 3.71. The first-order valence-corrected chi connectivity index (χ1v) is 7.81. The molecule has 0 aliphatic heterocycles. The van der Waals surface area contributed by atoms with Gasteiger partial charge >= 0.3 is 0 Å². The van der Waals surface area contributed by atoms with Crippen LogP contribution in [0.3, 0.4) is 0 Å². The van der Waals surface area contributed by atoms with Crippen LogP contribution in [0.25, 0.3) is 16.7 Å². The summed E-state index contributed by atoms with van der Waals surface area (Å²) in [5.41, 5.74) is 11.0. The fraction of sp³-hybridized carbons (Fsp3) is 0.235. The molecule has 0 aliphatic rings. The highest BCUT2D eigenvalue weighted by atomic mass is 79.9. The molecule has 2 N–H and O–H groups in total. The average Bonchev–Trinajstić information content (AvgIpc) is 2.80. The Morgan fingerprint density at radius 3 is 2.67 bits per heavy atom. The lowest BCUT2D eigenvalue weighted by atomic mass is 10.1. The molecule has 4 heteroatoms. The number of hydrogen-bond acceptors (Lipinski definition) is 2. The molecule has 0 amide bonds. The van der Waals surface area contributed by atoms with Gasteiger partial charge in [-0.15, -0.1) is 0 Å². The maximum Gasteiger partial charge on any atom is 0.117 e. The monoisotopic (exact) mass is 343 g/mol. The molecule has 0 fully saturated rings. The van der Waals surface area contributed by atoms with Gasteiger partial charge < -0.3 is 5.73 Å². The van der Waals surface area contributed by atoms with Gasteiger partial charge in [0, 0.05) is 16.1 Å². The molecule has 0 spiro atoms. The molecule has 3 rings (SSSR count). The highest BCUT2D eigenvalue weighted by molar-refractivity contribution is 9.10. The van der Waals surface area contributed by atoms with E-state index in [0.29, 0.717) is 5.92 Å². The van der Waals surface area contributed by atoms with Crippen molar-refractivity contribution in [1.82, 2.24) is 9.55 Å². The zero-order valence-corrected chi connectivity index (χ0v) is 14.0. The van der Waals surface area contributed by atoms with Crippen molar-refractivity contribution in [2.24, 2.45) is 0 Å². The third-order valence-corrected chi connectivity index (χ3v) is 4.66. The number of halogens is 1. The fourth-order valence-corrected chi connectivity index (χ4v) is 3.00. The molecule has 0 bridgehead atoms. The third kappa shape index (κ3) is 2.33. The second kappa shape index (κ2) is 5.19. The molecular formula is C17H18BrN3. The largest absolute Gasteiger partial charge is 0.399 e. The summed E-state index contributed by atoms with van der Waals surface area (Å²) in [6.45, 7) is 6.41. The van der Waals surface area contributed by atoms with Crippen LogP contribution in [0.5, 0.6) is 0 Å². The Labute approximate surface area is 132 Å². The van der Waals surface area contributed by atoms with Crippen LogP contribution >= 0.6 is 15.9 Å². The maximum absolute atomic E-state index is 5.89. The van der Waals surface area contributed by atoms with E-state index in [1.165, 1.54) is 5.56 Å². The SMILES string of the molecule is Cc1cccc(-n2c(C(C)C)nc3cc(N)ccc32)c1Br. The average molecular weight is 344 g/mol. The van der Waals surface area contributed by atoms with Gasteiger partial charge in [-0.3, -0.25) is 4.57 Å². The Kier molecular flexibility index (Phi) is 3.49. The van der Waals surface area contributed by atoms with Crippen molar-refractivity contribution >= 4 is 32.7 Å². The van der Waals surface area contributed by atoms with Crippen LogP contribution in [-0.2, 0) is 0 Å². The Morgan fingerprint density at radius 2 is 1.95 bits per heavy atom. The number of imidazole rings is 1. The van der Waals surface area contributed by atoms with E-state index in [0.717, 1.165) is 32.7 Å². The number of hydrogen-bond donors (Lipinski definition) is 1. The lowest BCUT2D eigenvalue weighted by Gasteiger charge is -2.14. The Balaban J connectivity index is 2.39. The van der Waals surface area contributed by atoms with Gasteiger partial charge in [0.05, 0.1) is 16.7 Å². The summed E-state index contributed by atoms with van der Waals surface area (Å²) < 4.78 is 3.32. The summed E-state index contributed by atoms with van der Waals surface area (Å²) in [7, 11) is 0. The Hall–Kier alpha value is -1.81. The van der Waals surface area contributed by atoms with Crippen LogP contribution in [-0.4, -0.2) is 9.55 Å². The predicted molar refractivity (Wildman–Crippen MR) is 92.0 cm³/mol. The van der Waals surface area contributed by atoms with Gasteiger partial charge in [0.25, 0.3) is 0 Å². The third-order valence-electron chi connectivity index (χ3n) is 3.63. The van der Waals surface area contributed by atoms with Crippen molar-refractivity contribution in [2.45, 2.75) is 26.7 Å². The molecule has 0 saturated carbocycles. The first-order valence-electron chi connectivity index (χ1n) is 7.02. The first kappa shape index (κ1) is 14.1. The van der Waals surface area contributed by atoms with Gasteiger partial charge in [0.1, 0.15) is 5.82 Å². The van der Waals surface area contributed by atoms with Crippen LogP contribution in [0.4, 0.5) is 5.69 Å². The van der Waals surface area contributed by atoms with Gasteiger partial charge in [-0.05, 0) is 52.7 Å². The van der Waals surface area contributed by atoms with Gasteiger partial charge in [-0.25, -0.2) is 4.98 Å². The van der Waals surface area contributed by atoms with E-state index in [-0.39, 0.29) is 0 Å². The molecule has 108 valence electrons. The van der Waals surface area contributed by atoms with Gasteiger partial charge in [-0.2, -0.15) is 0 Å². The normalized spacial score (nSPS) is 11.5. The van der Waals surface area contributed by atoms with Crippen molar-refractivity contribution in [3.05, 3.63) is 52.3 Å². The van der Waals surface area contributed by atoms with E-state index in [2.05, 4.69) is 59.5 Å². The topological polar surface area (TPSA) is 43.8 Å². The molecule has 0 aliphatic carbocycles. The second-order valence-corrected chi connectivity index (χ2v) is 6.41. The number of aromatic nitrogens is 2. The van der Waals surface area contributed by atoms with Crippen LogP contribution in [0.15, 0.2) is 40.9 Å². The number of rotatable bonds is 2. The number of anilines is 1. The zero-order valence-electron chi connectivity index (χ0n) is 12.4. The molecule has 21 heavy (non-hydrogen) atoms. The minimum absolute atomic E-state index is 0.325. The summed E-state index contributed by atoms with van der Waals surface area (Å²) in [5.74, 6) is 1.37. The lowest BCUT2D eigenvalue weighted by Crippen LogP contribution is -2.04. The molecule has 2 aromatic carbocycles. The minimum Gasteiger partial charge on any atom is -0.399 e. The standard InChI is InChI=1S/C17H18BrN3/c1-10(2)17-20-13-9-12(19)7-8-14(13)21(17)15-6-4-5-11(3)16(15)18/h4-10H,19H2,1-3H3. The highest BCUT2D eigenvalue weighted by Gasteiger charge is 2.17. The van der Waals surface area contributed by atoms with Crippen LogP contribution in [0.2, 0.25) is 0 Å². The molecule has 3 nitrogen and oxygen atoms in total. The smallest absolute Gasteiger partial charge is 0.117 e. The van der Waals surface area contributed by atoms with E-state index < -0.39 is 0 Å². The van der Waals surface area contributed by atoms with Crippen molar-refractivity contribution in [3.8, 4) is 5.69 Å². The number of fused-ring (bicyclic) bond motifs is 1. The highest BCUT2D eigenvalue weighted by Crippen LogP contribution is 2.32. The fourth-order valence-electron chi connectivity index (χ4n) is 2.56. The molecular weight excluding hydrogens is 326 g/mol. The van der Waals surface area contributed by atoms with Crippen molar-refractivity contribution < 1.29 is 0 Å². The molecule has 0 saturated heterocycles. The van der Waals surface area contributed by atoms with Crippen LogP contribution < -0.4 is 5.73 Å². The maximum atomic E-state index is 5.89. The number of nitrogens with zero attached hydrogens (tertiary/aromatic N) is 2. The van der Waals surface area contributed by atoms with Gasteiger partial charge in [0.15, 0.2) is 0 Å². The summed E-state index contributed by atoms with van der Waals surface area (Å²) in [4.78, 5) is 4.78. The van der Waals surface area contributed by atoms with Crippen LogP contribution in [0.1, 0.15) is 31.2 Å². The number of nitrogens with two attached hydrogens (primary N) is 1. The molecule has 1 heterocycles. The summed E-state index contributed by atoms with van der Waals surface area (Å²) in [6.07, 6.45) is 0. The van der Waals surface area contributed by atoms with Crippen molar-refractivity contribution in [1.29, 1.82) is 0 Å². The van der Waals surface area contributed by atoms with E-state index in [4.69, 9.17) is 10.7 Å². The Bertz CT molecular complexity index is 818. The lowest BCUT2D eigenvalue weighted by molar-refractivity contribution is 0.758. The molecule has 3 aromatic rings. The van der Waals surface area contributed by atoms with E-state index in [9.17, 15) is 0 Å². The first-order chi connectivity index (χ1) is 9.99. The van der Waals surface area contributed by atoms with Gasteiger partial charge in [-0.1, -0.05) is 26.0 Å². The zero-order chi connectivity index (χ0) is 15.1. The number of benzene rings is 2. The second-order valence-electron chi connectivity index (χ2n) is 5.62. The predicted octanol–water partition coefficient (Wildman–Crippen LogP) is 4.80. The van der Waals surface area contributed by atoms with E-state index >= 15 is 0 Å². The van der Waals surface area contributed by atoms with Crippen molar-refractivity contribution in [3.63, 3.8) is 0 Å². The number of aryl methyl sites for hydroxylation is 1. The summed E-state index contributed by atoms with van der Waals surface area (Å²) in [6, 6.07) is 12.2. The molecule has 1 aromatic heterocycles. The Morgan fingerprint density at radius 1 is 1.19 bits per heavy atom.